The van der Waals surface area contributed by atoms with Gasteiger partial charge in [0.25, 0.3) is 0 Å². The Kier molecular flexibility index (Phi) is 148. The van der Waals surface area contributed by atoms with Gasteiger partial charge in [0.15, 0.2) is 0 Å². The Morgan fingerprint density at radius 3 is 0.455 bits per heavy atom. The third-order valence-corrected chi connectivity index (χ3v) is 0. The van der Waals surface area contributed by atoms with Crippen molar-refractivity contribution in [3.8, 4) is 0 Å². The third-order valence-electron chi connectivity index (χ3n) is 0. The zero-order valence-corrected chi connectivity index (χ0v) is 9.73. The Morgan fingerprint density at radius 2 is 0.455 bits per heavy atom. The number of rotatable bonds is 0. The van der Waals surface area contributed by atoms with E-state index in [-0.39, 0.29) is 80.8 Å². The number of hydrogen-bond acceptors (Lipinski definition) is 9. The molecule has 0 amide bonds. The van der Waals surface area contributed by atoms with Crippen molar-refractivity contribution in [2.75, 3.05) is 0 Å². The molecule has 0 N–H and O–H groups in total. The summed E-state index contributed by atoms with van der Waals surface area (Å²) >= 11 is 0. The van der Waals surface area contributed by atoms with E-state index in [1.165, 1.54) is 0 Å². The predicted molar refractivity (Wildman–Crippen MR) is 3.25 cm³/mol. The minimum atomic E-state index is 0. The van der Waals surface area contributed by atoms with Crippen LogP contribution in [0.4, 0.5) is 0 Å². The van der Waals surface area contributed by atoms with Gasteiger partial charge in [-0.05, 0) is 0 Å². The summed E-state index contributed by atoms with van der Waals surface area (Å²) in [5.74, 6) is 0. The Balaban J connectivity index is -0.0000000150. The average Bonchev–Trinajstić information content (AvgIpc) is 1.70. The molecule has 0 aromatic rings. The first-order valence-corrected chi connectivity index (χ1v) is 1.00. The van der Waals surface area contributed by atoms with Crippen LogP contribution in [0.15, 0.2) is 0 Å². The summed E-state index contributed by atoms with van der Waals surface area (Å²) in [7, 11) is 0. The maximum absolute atomic E-state index is 7.88. The van der Waals surface area contributed by atoms with Crippen molar-refractivity contribution in [3.63, 3.8) is 0 Å². The first-order chi connectivity index (χ1) is 4.24. The van der Waals surface area contributed by atoms with Crippen LogP contribution >= 0.6 is 0 Å². The SMILES string of the molecule is [O-]O[O-].[O-]O[O-].[O-]O[O-].[Sm+3].[Sm+3]. The van der Waals surface area contributed by atoms with Crippen LogP contribution in [-0.4, -0.2) is 0 Å². The quantitative estimate of drug-likeness (QED) is 0.260. The Hall–Kier alpha value is 2.32. The monoisotopic (exact) mass is 448 g/mol. The van der Waals surface area contributed by atoms with E-state index in [1.807, 2.05) is 0 Å². The summed E-state index contributed by atoms with van der Waals surface area (Å²) in [6.07, 6.45) is 0. The van der Waals surface area contributed by atoms with Crippen molar-refractivity contribution in [3.05, 3.63) is 0 Å². The van der Waals surface area contributed by atoms with E-state index in [0.717, 1.165) is 0 Å². The molecule has 0 bridgehead atoms. The second-order valence-electron chi connectivity index (χ2n) is 0.204. The minimum Gasteiger partial charge on any atom is -0.734 e. The zero-order valence-electron chi connectivity index (χ0n) is 4.49. The predicted octanol–water partition coefficient (Wildman–Crippen LogP) is -7.34. The zero-order chi connectivity index (χ0) is 8.12. The van der Waals surface area contributed by atoms with E-state index in [1.54, 1.807) is 15.1 Å². The molecular formula is O9Sm2. The molecule has 9 nitrogen and oxygen atoms in total. The van der Waals surface area contributed by atoms with Crippen LogP contribution in [0.1, 0.15) is 0 Å². The molecular weight excluding hydrogens is 445 g/mol. The van der Waals surface area contributed by atoms with Crippen molar-refractivity contribution < 1.29 is 127 Å². The van der Waals surface area contributed by atoms with Gasteiger partial charge in [-0.25, -0.2) is 0 Å². The first-order valence-electron chi connectivity index (χ1n) is 1.00. The maximum atomic E-state index is 7.88. The fraction of sp³-hybridized carbons (Fsp3) is 0. The molecule has 0 saturated carbocycles. The van der Waals surface area contributed by atoms with E-state index in [4.69, 9.17) is 31.5 Å². The topological polar surface area (TPSA) is 166 Å². The summed E-state index contributed by atoms with van der Waals surface area (Å²) in [6, 6.07) is 0. The summed E-state index contributed by atoms with van der Waals surface area (Å²) in [4.78, 5) is 0. The molecule has 0 saturated heterocycles. The second-order valence-corrected chi connectivity index (χ2v) is 0.204. The van der Waals surface area contributed by atoms with Crippen LogP contribution in [-0.2, 0) is 15.1 Å². The number of hydrogen-bond donors (Lipinski definition) is 0. The first kappa shape index (κ1) is 29.2. The fourth-order valence-electron chi connectivity index (χ4n) is 0. The molecule has 0 unspecified atom stereocenters. The van der Waals surface area contributed by atoms with E-state index in [2.05, 4.69) is 0 Å². The van der Waals surface area contributed by atoms with Gasteiger partial charge in [0, 0.05) is 0 Å². The van der Waals surface area contributed by atoms with Crippen molar-refractivity contribution in [1.82, 2.24) is 0 Å². The standard InChI is InChI=1S/3H2O3.2Sm/c3*1-3-2;;/h3*1-2H;;/q;;;2*+3/p-6. The Labute approximate surface area is 125 Å². The van der Waals surface area contributed by atoms with Crippen LogP contribution < -0.4 is 31.5 Å². The molecule has 0 heterocycles. The van der Waals surface area contributed by atoms with Crippen LogP contribution in [0.2, 0.25) is 0 Å². The molecule has 0 aliphatic rings. The van der Waals surface area contributed by atoms with Crippen molar-refractivity contribution >= 4 is 0 Å². The van der Waals surface area contributed by atoms with Crippen molar-refractivity contribution in [2.45, 2.75) is 0 Å². The summed E-state index contributed by atoms with van der Waals surface area (Å²) in [5, 5.41) is 52.5. The maximum Gasteiger partial charge on any atom is 3.00 e. The van der Waals surface area contributed by atoms with Gasteiger partial charge < -0.3 is 46.7 Å². The molecule has 66 valence electrons. The summed E-state index contributed by atoms with van der Waals surface area (Å²) in [6.45, 7) is 0. The van der Waals surface area contributed by atoms with Gasteiger partial charge >= 0.3 is 80.8 Å². The normalized spacial score (nSPS) is 4.91. The van der Waals surface area contributed by atoms with Crippen LogP contribution in [0.3, 0.4) is 0 Å². The van der Waals surface area contributed by atoms with E-state index < -0.39 is 0 Å². The Morgan fingerprint density at radius 1 is 0.455 bits per heavy atom. The molecule has 0 rings (SSSR count). The molecule has 0 spiro atoms. The van der Waals surface area contributed by atoms with Gasteiger partial charge in [-0.3, -0.25) is 0 Å². The van der Waals surface area contributed by atoms with Gasteiger partial charge in [0.2, 0.25) is 0 Å². The Bertz CT molecular complexity index is 12.3. The summed E-state index contributed by atoms with van der Waals surface area (Å²) in [5.41, 5.74) is 0. The molecule has 11 heavy (non-hydrogen) atoms. The van der Waals surface area contributed by atoms with Crippen molar-refractivity contribution in [1.29, 1.82) is 0 Å². The summed E-state index contributed by atoms with van der Waals surface area (Å²) < 4.78 is 0. The molecule has 2 radical (unpaired) electrons. The molecule has 11 heteroatoms. The smallest absolute Gasteiger partial charge is 0.734 e. The van der Waals surface area contributed by atoms with Crippen LogP contribution in [0.25, 0.3) is 0 Å². The van der Waals surface area contributed by atoms with Crippen LogP contribution in [0, 0.1) is 80.8 Å². The van der Waals surface area contributed by atoms with Gasteiger partial charge in [0.05, 0.1) is 0 Å². The van der Waals surface area contributed by atoms with E-state index >= 15 is 0 Å². The third kappa shape index (κ3) is 244. The van der Waals surface area contributed by atoms with Gasteiger partial charge in [-0.1, -0.05) is 0 Å². The average molecular weight is 445 g/mol. The molecule has 0 fully saturated rings. The largest absolute Gasteiger partial charge is 3.00 e. The van der Waals surface area contributed by atoms with Crippen molar-refractivity contribution in [2.24, 2.45) is 0 Å². The van der Waals surface area contributed by atoms with Gasteiger partial charge in [-0.15, -0.1) is 0 Å². The van der Waals surface area contributed by atoms with E-state index in [0.29, 0.717) is 0 Å². The van der Waals surface area contributed by atoms with Gasteiger partial charge in [0.1, 0.15) is 0 Å². The fourth-order valence-corrected chi connectivity index (χ4v) is 0. The van der Waals surface area contributed by atoms with Gasteiger partial charge in [-0.2, -0.15) is 0 Å². The molecule has 0 aliphatic carbocycles. The molecule has 0 atom stereocenters. The minimum absolute atomic E-state index is 0. The second kappa shape index (κ2) is 55.8. The van der Waals surface area contributed by atoms with E-state index in [9.17, 15) is 0 Å². The van der Waals surface area contributed by atoms with Crippen LogP contribution in [0.5, 0.6) is 0 Å². The molecule has 0 aromatic carbocycles. The molecule has 0 aromatic heterocycles. The molecule has 0 aliphatic heterocycles.